The van der Waals surface area contributed by atoms with Crippen molar-refractivity contribution in [3.8, 4) is 5.75 Å². The number of hydrogen-bond acceptors (Lipinski definition) is 4. The zero-order chi connectivity index (χ0) is 14.8. The molecule has 2 rings (SSSR count). The quantitative estimate of drug-likeness (QED) is 0.869. The Bertz CT molecular complexity index is 453. The normalized spacial score (nSPS) is 18.9. The highest BCUT2D eigenvalue weighted by Gasteiger charge is 2.33. The molecule has 1 saturated carbocycles. The zero-order valence-corrected chi connectivity index (χ0v) is 12.6. The van der Waals surface area contributed by atoms with E-state index < -0.39 is 11.7 Å². The van der Waals surface area contributed by atoms with Crippen LogP contribution in [-0.2, 0) is 0 Å². The Morgan fingerprint density at radius 1 is 1.35 bits per heavy atom. The third kappa shape index (κ3) is 3.07. The fourth-order valence-corrected chi connectivity index (χ4v) is 3.18. The van der Waals surface area contributed by atoms with Gasteiger partial charge in [-0.3, -0.25) is 0 Å². The van der Waals surface area contributed by atoms with Gasteiger partial charge in [-0.15, -0.1) is 0 Å². The van der Waals surface area contributed by atoms with Gasteiger partial charge in [-0.25, -0.2) is 0 Å². The van der Waals surface area contributed by atoms with E-state index in [4.69, 9.17) is 4.74 Å². The molecule has 1 aromatic rings. The molecule has 0 saturated heterocycles. The minimum atomic E-state index is -0.609. The first-order valence-corrected chi connectivity index (χ1v) is 7.25. The standard InChI is InChI=1S/C16H25NO3/c1-12(18)15-13(7-6-8-14(15)20-3)17(2)11-16(19)9-4-5-10-16/h6-8,12,18-19H,4-5,9-11H2,1-3H3/t12-/m1/s1. The lowest BCUT2D eigenvalue weighted by atomic mass is 10.00. The topological polar surface area (TPSA) is 52.9 Å². The van der Waals surface area contributed by atoms with Gasteiger partial charge < -0.3 is 19.8 Å². The summed E-state index contributed by atoms with van der Waals surface area (Å²) in [7, 11) is 3.56. The van der Waals surface area contributed by atoms with E-state index in [-0.39, 0.29) is 0 Å². The van der Waals surface area contributed by atoms with E-state index in [1.165, 1.54) is 0 Å². The van der Waals surface area contributed by atoms with Gasteiger partial charge in [0.1, 0.15) is 5.75 Å². The minimum absolute atomic E-state index is 0.583. The van der Waals surface area contributed by atoms with Crippen molar-refractivity contribution in [2.45, 2.75) is 44.3 Å². The Morgan fingerprint density at radius 3 is 2.55 bits per heavy atom. The molecule has 0 aliphatic heterocycles. The lowest BCUT2D eigenvalue weighted by Gasteiger charge is -2.32. The average molecular weight is 279 g/mol. The lowest BCUT2D eigenvalue weighted by molar-refractivity contribution is 0.0557. The summed E-state index contributed by atoms with van der Waals surface area (Å²) in [4.78, 5) is 2.02. The number of anilines is 1. The van der Waals surface area contributed by atoms with E-state index >= 15 is 0 Å². The van der Waals surface area contributed by atoms with Crippen molar-refractivity contribution in [1.29, 1.82) is 0 Å². The number of likely N-dealkylation sites (N-methyl/N-ethyl adjacent to an activating group) is 1. The van der Waals surface area contributed by atoms with Crippen LogP contribution in [0.15, 0.2) is 18.2 Å². The molecule has 4 heteroatoms. The summed E-state index contributed by atoms with van der Waals surface area (Å²) in [6.45, 7) is 2.32. The van der Waals surface area contributed by atoms with Gasteiger partial charge in [0.15, 0.2) is 0 Å². The Labute approximate surface area is 121 Å². The zero-order valence-electron chi connectivity index (χ0n) is 12.6. The first-order chi connectivity index (χ1) is 9.47. The average Bonchev–Trinajstić information content (AvgIpc) is 2.83. The Morgan fingerprint density at radius 2 is 2.00 bits per heavy atom. The van der Waals surface area contributed by atoms with E-state index in [1.807, 2.05) is 30.1 Å². The molecule has 1 aliphatic rings. The van der Waals surface area contributed by atoms with Gasteiger partial charge >= 0.3 is 0 Å². The van der Waals surface area contributed by atoms with Crippen LogP contribution < -0.4 is 9.64 Å². The van der Waals surface area contributed by atoms with Crippen LogP contribution in [0.5, 0.6) is 5.75 Å². The smallest absolute Gasteiger partial charge is 0.126 e. The summed E-state index contributed by atoms with van der Waals surface area (Å²) in [6.07, 6.45) is 3.27. The highest BCUT2D eigenvalue weighted by molar-refractivity contribution is 5.60. The van der Waals surface area contributed by atoms with Crippen LogP contribution in [0, 0.1) is 0 Å². The van der Waals surface area contributed by atoms with Crippen LogP contribution in [0.1, 0.15) is 44.3 Å². The Kier molecular flexibility index (Phi) is 4.55. The van der Waals surface area contributed by atoms with Gasteiger partial charge in [0.25, 0.3) is 0 Å². The first kappa shape index (κ1) is 15.1. The van der Waals surface area contributed by atoms with Gasteiger partial charge in [-0.2, -0.15) is 0 Å². The predicted octanol–water partition coefficient (Wildman–Crippen LogP) is 2.49. The van der Waals surface area contributed by atoms with Gasteiger partial charge in [0, 0.05) is 24.8 Å². The second-order valence-electron chi connectivity index (χ2n) is 5.86. The largest absolute Gasteiger partial charge is 0.496 e. The Hall–Kier alpha value is -1.26. The third-order valence-electron chi connectivity index (χ3n) is 4.16. The summed E-state index contributed by atoms with van der Waals surface area (Å²) in [6, 6.07) is 5.72. The molecule has 0 aromatic heterocycles. The molecule has 0 radical (unpaired) electrons. The molecular formula is C16H25NO3. The number of aliphatic hydroxyl groups is 2. The number of hydrogen-bond donors (Lipinski definition) is 2. The maximum atomic E-state index is 10.5. The van der Waals surface area contributed by atoms with Crippen molar-refractivity contribution in [1.82, 2.24) is 0 Å². The summed E-state index contributed by atoms with van der Waals surface area (Å²) in [5, 5.41) is 20.6. The lowest BCUT2D eigenvalue weighted by Crippen LogP contribution is -2.39. The van der Waals surface area contributed by atoms with E-state index in [9.17, 15) is 10.2 Å². The second-order valence-corrected chi connectivity index (χ2v) is 5.86. The number of ether oxygens (including phenoxy) is 1. The van der Waals surface area contributed by atoms with Crippen molar-refractivity contribution in [2.24, 2.45) is 0 Å². The molecule has 0 spiro atoms. The third-order valence-corrected chi connectivity index (χ3v) is 4.16. The number of methoxy groups -OCH3 is 1. The minimum Gasteiger partial charge on any atom is -0.496 e. The van der Waals surface area contributed by atoms with Crippen LogP contribution in [0.3, 0.4) is 0 Å². The molecule has 0 bridgehead atoms. The molecule has 1 atom stereocenters. The van der Waals surface area contributed by atoms with Crippen molar-refractivity contribution in [2.75, 3.05) is 25.6 Å². The highest BCUT2D eigenvalue weighted by atomic mass is 16.5. The maximum Gasteiger partial charge on any atom is 0.126 e. The molecule has 4 nitrogen and oxygen atoms in total. The fourth-order valence-electron chi connectivity index (χ4n) is 3.18. The summed E-state index contributed by atoms with van der Waals surface area (Å²) >= 11 is 0. The molecule has 2 N–H and O–H groups in total. The van der Waals surface area contributed by atoms with Crippen LogP contribution in [-0.4, -0.2) is 36.5 Å². The fraction of sp³-hybridized carbons (Fsp3) is 0.625. The molecule has 0 amide bonds. The highest BCUT2D eigenvalue weighted by Crippen LogP contribution is 2.36. The van der Waals surface area contributed by atoms with Crippen molar-refractivity contribution >= 4 is 5.69 Å². The molecular weight excluding hydrogens is 254 g/mol. The summed E-state index contributed by atoms with van der Waals surface area (Å²) in [5.41, 5.74) is 1.09. The van der Waals surface area contributed by atoms with Crippen LogP contribution in [0.2, 0.25) is 0 Å². The molecule has 1 fully saturated rings. The van der Waals surface area contributed by atoms with Crippen molar-refractivity contribution in [3.05, 3.63) is 23.8 Å². The monoisotopic (exact) mass is 279 g/mol. The van der Waals surface area contributed by atoms with E-state index in [0.717, 1.165) is 36.9 Å². The molecule has 1 aromatic carbocycles. The molecule has 1 aliphatic carbocycles. The van der Waals surface area contributed by atoms with E-state index in [0.29, 0.717) is 12.3 Å². The number of rotatable bonds is 5. The van der Waals surface area contributed by atoms with Crippen molar-refractivity contribution < 1.29 is 14.9 Å². The van der Waals surface area contributed by atoms with Crippen LogP contribution in [0.25, 0.3) is 0 Å². The van der Waals surface area contributed by atoms with Gasteiger partial charge in [-0.1, -0.05) is 18.9 Å². The number of aliphatic hydroxyl groups excluding tert-OH is 1. The van der Waals surface area contributed by atoms with Crippen LogP contribution >= 0.6 is 0 Å². The number of nitrogens with zero attached hydrogens (tertiary/aromatic N) is 1. The molecule has 112 valence electrons. The van der Waals surface area contributed by atoms with E-state index in [2.05, 4.69) is 0 Å². The SMILES string of the molecule is COc1cccc(N(C)CC2(O)CCCC2)c1[C@@H](C)O. The van der Waals surface area contributed by atoms with Gasteiger partial charge in [-0.05, 0) is 31.9 Å². The Balaban J connectivity index is 2.27. The molecule has 0 heterocycles. The summed E-state index contributed by atoms with van der Waals surface area (Å²) < 4.78 is 5.34. The van der Waals surface area contributed by atoms with Gasteiger partial charge in [0.2, 0.25) is 0 Å². The molecule has 20 heavy (non-hydrogen) atoms. The van der Waals surface area contributed by atoms with Gasteiger partial charge in [0.05, 0.1) is 18.8 Å². The van der Waals surface area contributed by atoms with Crippen LogP contribution in [0.4, 0.5) is 5.69 Å². The predicted molar refractivity (Wildman–Crippen MR) is 80.3 cm³/mol. The molecule has 0 unspecified atom stereocenters. The first-order valence-electron chi connectivity index (χ1n) is 7.25. The van der Waals surface area contributed by atoms with E-state index in [1.54, 1.807) is 14.0 Å². The van der Waals surface area contributed by atoms with Crippen molar-refractivity contribution in [3.63, 3.8) is 0 Å². The number of benzene rings is 1. The summed E-state index contributed by atoms with van der Waals surface area (Å²) in [5.74, 6) is 0.683. The second kappa shape index (κ2) is 6.02. The maximum absolute atomic E-state index is 10.5.